The molecule has 3 N–H and O–H groups in total. The molecule has 4 atom stereocenters. The van der Waals surface area contributed by atoms with Crippen LogP contribution in [-0.2, 0) is 6.42 Å². The van der Waals surface area contributed by atoms with Gasteiger partial charge in [0.15, 0.2) is 0 Å². The maximum atomic E-state index is 11.3. The molecule has 232 valence electrons. The van der Waals surface area contributed by atoms with E-state index in [1.807, 2.05) is 11.8 Å². The van der Waals surface area contributed by atoms with E-state index in [0.29, 0.717) is 30.2 Å². The summed E-state index contributed by atoms with van der Waals surface area (Å²) >= 11 is 2.05. The Morgan fingerprint density at radius 2 is 1.83 bits per heavy atom. The first-order valence-electron chi connectivity index (χ1n) is 16.3. The van der Waals surface area contributed by atoms with Gasteiger partial charge in [0, 0.05) is 30.5 Å². The van der Waals surface area contributed by atoms with Crippen molar-refractivity contribution < 1.29 is 5.11 Å². The number of nitrogens with zero attached hydrogens (tertiary/aromatic N) is 1. The minimum atomic E-state index is -0.367. The van der Waals surface area contributed by atoms with Crippen molar-refractivity contribution >= 4 is 11.8 Å². The summed E-state index contributed by atoms with van der Waals surface area (Å²) in [6.45, 7) is 15.4. The van der Waals surface area contributed by atoms with Crippen LogP contribution < -0.4 is 10.6 Å². The van der Waals surface area contributed by atoms with Crippen LogP contribution in [0.3, 0.4) is 0 Å². The zero-order valence-corrected chi connectivity index (χ0v) is 27.7. The van der Waals surface area contributed by atoms with Crippen LogP contribution in [0.25, 0.3) is 0 Å². The van der Waals surface area contributed by atoms with Crippen molar-refractivity contribution in [3.63, 3.8) is 0 Å². The number of benzene rings is 1. The minimum Gasteiger partial charge on any atom is -0.391 e. The largest absolute Gasteiger partial charge is 0.391 e. The number of hydrogen-bond acceptors (Lipinski definition) is 5. The Hall–Kier alpha value is -1.45. The minimum absolute atomic E-state index is 0.0125. The Morgan fingerprint density at radius 3 is 2.46 bits per heavy atom. The van der Waals surface area contributed by atoms with Crippen LogP contribution >= 0.6 is 11.8 Å². The fraction of sp³-hybridized carbons (Fsp3) is 0.722. The zero-order valence-electron chi connectivity index (χ0n) is 26.9. The molecule has 1 aromatic carbocycles. The first-order chi connectivity index (χ1) is 19.7. The molecule has 0 spiro atoms. The van der Waals surface area contributed by atoms with Crippen molar-refractivity contribution in [3.05, 3.63) is 48.2 Å². The van der Waals surface area contributed by atoms with E-state index in [9.17, 15) is 5.11 Å². The van der Waals surface area contributed by atoms with Crippen LogP contribution in [-0.4, -0.2) is 65.9 Å². The molecule has 0 amide bonds. The van der Waals surface area contributed by atoms with Crippen LogP contribution in [0.15, 0.2) is 42.6 Å². The third-order valence-corrected chi connectivity index (χ3v) is 9.95. The van der Waals surface area contributed by atoms with Gasteiger partial charge in [-0.15, -0.1) is 12.3 Å². The highest BCUT2D eigenvalue weighted by atomic mass is 32.2. The number of rotatable bonds is 21. The molecule has 1 fully saturated rings. The summed E-state index contributed by atoms with van der Waals surface area (Å²) < 4.78 is 0. The SMILES string of the molecule is C#CCC(NC[C@@H](CSCCN(C)C(C)C)Cc1ccccc1)C(=C)N[C@@H](CC1CCCCC1)C(O)CCC(C)C. The topological polar surface area (TPSA) is 47.5 Å². The second kappa shape index (κ2) is 20.5. The van der Waals surface area contributed by atoms with Crippen molar-refractivity contribution in [2.75, 3.05) is 31.6 Å². The summed E-state index contributed by atoms with van der Waals surface area (Å²) in [7, 11) is 2.21. The van der Waals surface area contributed by atoms with Gasteiger partial charge < -0.3 is 20.6 Å². The Labute approximate surface area is 257 Å². The number of terminal acetylenes is 1. The Kier molecular flexibility index (Phi) is 17.8. The molecule has 2 rings (SSSR count). The van der Waals surface area contributed by atoms with Crippen LogP contribution in [0, 0.1) is 30.1 Å². The first-order valence-corrected chi connectivity index (χ1v) is 17.5. The quantitative estimate of drug-likeness (QED) is 0.106. The fourth-order valence-electron chi connectivity index (χ4n) is 5.74. The highest BCUT2D eigenvalue weighted by Gasteiger charge is 2.27. The van der Waals surface area contributed by atoms with E-state index in [4.69, 9.17) is 6.42 Å². The number of nitrogens with one attached hydrogen (secondary N) is 2. The summed E-state index contributed by atoms with van der Waals surface area (Å²) in [6, 6.07) is 11.4. The van der Waals surface area contributed by atoms with Gasteiger partial charge in [-0.2, -0.15) is 11.8 Å². The lowest BCUT2D eigenvalue weighted by atomic mass is 9.82. The number of aliphatic hydroxyl groups excluding tert-OH is 1. The number of hydrogen-bond donors (Lipinski definition) is 3. The Bertz CT molecular complexity index is 861. The van der Waals surface area contributed by atoms with Gasteiger partial charge in [0.1, 0.15) is 0 Å². The predicted octanol–water partition coefficient (Wildman–Crippen LogP) is 7.14. The lowest BCUT2D eigenvalue weighted by molar-refractivity contribution is 0.0985. The van der Waals surface area contributed by atoms with Gasteiger partial charge in [-0.1, -0.05) is 82.9 Å². The van der Waals surface area contributed by atoms with Gasteiger partial charge in [-0.05, 0) is 82.2 Å². The van der Waals surface area contributed by atoms with Crippen LogP contribution in [0.5, 0.6) is 0 Å². The molecular formula is C36H61N3OS. The molecule has 0 saturated heterocycles. The molecule has 0 aromatic heterocycles. The molecule has 0 aliphatic heterocycles. The molecule has 5 heteroatoms. The van der Waals surface area contributed by atoms with E-state index >= 15 is 0 Å². The third-order valence-electron chi connectivity index (χ3n) is 8.77. The standard InChI is InChI=1S/C36H61N3OS/c1-8-15-34(30(6)38-35(36(40)21-20-28(2)3)25-32-18-13-10-14-19-32)37-26-33(24-31-16-11-9-12-17-31)27-41-23-22-39(7)29(4)5/h1,9,11-12,16-17,28-29,32-38,40H,6,10,13-15,18-27H2,2-5,7H3/t33-,34?,35-,36?/m0/s1. The summed E-state index contributed by atoms with van der Waals surface area (Å²) in [5, 5.41) is 18.8. The van der Waals surface area contributed by atoms with E-state index in [0.717, 1.165) is 56.0 Å². The molecule has 0 bridgehead atoms. The van der Waals surface area contributed by atoms with Crippen LogP contribution in [0.1, 0.15) is 91.0 Å². The number of aliphatic hydroxyl groups is 1. The van der Waals surface area contributed by atoms with Gasteiger partial charge in [-0.3, -0.25) is 0 Å². The molecule has 1 aliphatic carbocycles. The van der Waals surface area contributed by atoms with Crippen LogP contribution in [0.4, 0.5) is 0 Å². The highest BCUT2D eigenvalue weighted by Crippen LogP contribution is 2.29. The second-order valence-corrected chi connectivity index (χ2v) is 14.3. The molecule has 0 heterocycles. The monoisotopic (exact) mass is 583 g/mol. The number of thioether (sulfide) groups is 1. The normalized spacial score (nSPS) is 17.4. The van der Waals surface area contributed by atoms with Gasteiger partial charge >= 0.3 is 0 Å². The fourth-order valence-corrected chi connectivity index (χ4v) is 6.89. The molecule has 0 radical (unpaired) electrons. The van der Waals surface area contributed by atoms with Gasteiger partial charge in [0.05, 0.1) is 18.2 Å². The first kappa shape index (κ1) is 35.7. The molecule has 1 saturated carbocycles. The summed E-state index contributed by atoms with van der Waals surface area (Å²) in [6.07, 6.45) is 16.5. The van der Waals surface area contributed by atoms with E-state index in [1.54, 1.807) is 0 Å². The van der Waals surface area contributed by atoms with E-state index in [-0.39, 0.29) is 18.2 Å². The third kappa shape index (κ3) is 15.0. The van der Waals surface area contributed by atoms with E-state index in [2.05, 4.69) is 93.1 Å². The molecule has 1 aliphatic rings. The molecule has 1 aromatic rings. The summed E-state index contributed by atoms with van der Waals surface area (Å²) in [5.74, 6) is 6.89. The van der Waals surface area contributed by atoms with Gasteiger partial charge in [-0.25, -0.2) is 0 Å². The molecule has 2 unspecified atom stereocenters. The summed E-state index contributed by atoms with van der Waals surface area (Å²) in [5.41, 5.74) is 2.31. The van der Waals surface area contributed by atoms with Crippen molar-refractivity contribution in [1.82, 2.24) is 15.5 Å². The lowest BCUT2D eigenvalue weighted by Gasteiger charge is -2.34. The maximum absolute atomic E-state index is 11.3. The van der Waals surface area contributed by atoms with E-state index in [1.165, 1.54) is 37.7 Å². The average Bonchev–Trinajstić information content (AvgIpc) is 2.96. The van der Waals surface area contributed by atoms with Crippen molar-refractivity contribution in [1.29, 1.82) is 0 Å². The Morgan fingerprint density at radius 1 is 1.12 bits per heavy atom. The smallest absolute Gasteiger partial charge is 0.0741 e. The molecule has 4 nitrogen and oxygen atoms in total. The zero-order chi connectivity index (χ0) is 30.0. The van der Waals surface area contributed by atoms with Crippen LogP contribution in [0.2, 0.25) is 0 Å². The molecule has 41 heavy (non-hydrogen) atoms. The lowest BCUT2D eigenvalue weighted by Crippen LogP contribution is -2.47. The average molecular weight is 584 g/mol. The Balaban J connectivity index is 2.03. The van der Waals surface area contributed by atoms with Crippen molar-refractivity contribution in [3.8, 4) is 12.3 Å². The maximum Gasteiger partial charge on any atom is 0.0741 e. The summed E-state index contributed by atoms with van der Waals surface area (Å²) in [4.78, 5) is 2.41. The van der Waals surface area contributed by atoms with Gasteiger partial charge in [0.25, 0.3) is 0 Å². The second-order valence-electron chi connectivity index (χ2n) is 13.1. The van der Waals surface area contributed by atoms with E-state index < -0.39 is 0 Å². The predicted molar refractivity (Wildman–Crippen MR) is 181 cm³/mol. The molecular weight excluding hydrogens is 522 g/mol. The highest BCUT2D eigenvalue weighted by molar-refractivity contribution is 7.99. The van der Waals surface area contributed by atoms with Crippen molar-refractivity contribution in [2.45, 2.75) is 116 Å². The van der Waals surface area contributed by atoms with Crippen molar-refractivity contribution in [2.24, 2.45) is 17.8 Å². The van der Waals surface area contributed by atoms with Gasteiger partial charge in [0.2, 0.25) is 0 Å².